The molecule has 2 atom stereocenters. The summed E-state index contributed by atoms with van der Waals surface area (Å²) in [4.78, 5) is 27.6. The molecule has 0 spiro atoms. The lowest BCUT2D eigenvalue weighted by Crippen LogP contribution is -2.44. The van der Waals surface area contributed by atoms with Crippen molar-refractivity contribution < 1.29 is 14.7 Å². The Labute approximate surface area is 121 Å². The van der Waals surface area contributed by atoms with Crippen molar-refractivity contribution in [1.29, 1.82) is 0 Å². The Bertz CT molecular complexity index is 672. The number of carboxylic acids is 1. The third-order valence-electron chi connectivity index (χ3n) is 3.82. The number of nitrogens with one attached hydrogen (secondary N) is 1. The summed E-state index contributed by atoms with van der Waals surface area (Å²) in [6.45, 7) is 0. The molecule has 106 valence electrons. The fraction of sp³-hybridized carbons (Fsp3) is 0.188. The van der Waals surface area contributed by atoms with E-state index in [0.29, 0.717) is 12.0 Å². The second-order valence-corrected chi connectivity index (χ2v) is 5.13. The van der Waals surface area contributed by atoms with E-state index in [9.17, 15) is 14.7 Å². The van der Waals surface area contributed by atoms with Crippen molar-refractivity contribution in [1.82, 2.24) is 10.3 Å². The zero-order chi connectivity index (χ0) is 14.9. The Morgan fingerprint density at radius 3 is 2.43 bits per heavy atom. The van der Waals surface area contributed by atoms with Crippen LogP contribution in [-0.4, -0.2) is 27.5 Å². The number of hydrogen-bond acceptors (Lipinski definition) is 3. The van der Waals surface area contributed by atoms with Crippen LogP contribution in [0.15, 0.2) is 54.9 Å². The first-order valence-corrected chi connectivity index (χ1v) is 6.64. The molecular weight excluding hydrogens is 268 g/mol. The third-order valence-corrected chi connectivity index (χ3v) is 3.82. The molecular formula is C16H14N2O3. The first kappa shape index (κ1) is 13.3. The van der Waals surface area contributed by atoms with Gasteiger partial charge in [-0.3, -0.25) is 9.78 Å². The van der Waals surface area contributed by atoms with Gasteiger partial charge in [0.15, 0.2) is 0 Å². The molecule has 1 heterocycles. The zero-order valence-electron chi connectivity index (χ0n) is 11.2. The molecule has 5 nitrogen and oxygen atoms in total. The minimum absolute atomic E-state index is 0.193. The lowest BCUT2D eigenvalue weighted by atomic mass is 10.1. The van der Waals surface area contributed by atoms with Gasteiger partial charge in [0.1, 0.15) is 5.54 Å². The topological polar surface area (TPSA) is 79.3 Å². The molecule has 1 aromatic carbocycles. The molecule has 3 rings (SSSR count). The van der Waals surface area contributed by atoms with Crippen LogP contribution in [0.25, 0.3) is 0 Å². The summed E-state index contributed by atoms with van der Waals surface area (Å²) in [6, 6.07) is 12.5. The summed E-state index contributed by atoms with van der Waals surface area (Å²) in [5, 5.41) is 12.2. The van der Waals surface area contributed by atoms with Crippen LogP contribution in [0.5, 0.6) is 0 Å². The van der Waals surface area contributed by atoms with E-state index in [1.54, 1.807) is 12.1 Å². The van der Waals surface area contributed by atoms with Crippen molar-refractivity contribution in [3.8, 4) is 0 Å². The Morgan fingerprint density at radius 1 is 1.14 bits per heavy atom. The van der Waals surface area contributed by atoms with Gasteiger partial charge in [0.2, 0.25) is 0 Å². The van der Waals surface area contributed by atoms with Crippen LogP contribution in [0.4, 0.5) is 0 Å². The molecule has 0 bridgehead atoms. The van der Waals surface area contributed by atoms with Gasteiger partial charge in [-0.2, -0.15) is 0 Å². The Hall–Kier alpha value is -2.69. The van der Waals surface area contributed by atoms with E-state index < -0.39 is 17.4 Å². The number of pyridine rings is 1. The number of aliphatic carboxylic acids is 1. The number of carbonyl (C=O) groups excluding carboxylic acids is 1. The van der Waals surface area contributed by atoms with Crippen LogP contribution in [0.3, 0.4) is 0 Å². The van der Waals surface area contributed by atoms with Gasteiger partial charge in [-0.1, -0.05) is 30.3 Å². The largest absolute Gasteiger partial charge is 0.479 e. The van der Waals surface area contributed by atoms with Gasteiger partial charge in [-0.25, -0.2) is 4.79 Å². The summed E-state index contributed by atoms with van der Waals surface area (Å²) in [6.07, 6.45) is 3.41. The maximum absolute atomic E-state index is 12.2. The average molecular weight is 282 g/mol. The summed E-state index contributed by atoms with van der Waals surface area (Å²) in [5.74, 6) is -1.58. The predicted molar refractivity (Wildman–Crippen MR) is 75.9 cm³/mol. The van der Waals surface area contributed by atoms with Crippen LogP contribution in [0, 0.1) is 0 Å². The second kappa shape index (κ2) is 5.01. The van der Waals surface area contributed by atoms with Crippen molar-refractivity contribution in [2.45, 2.75) is 17.9 Å². The molecule has 2 N–H and O–H groups in total. The number of hydrogen-bond donors (Lipinski definition) is 2. The van der Waals surface area contributed by atoms with Gasteiger partial charge in [0, 0.05) is 23.9 Å². The smallest absolute Gasteiger partial charge is 0.330 e. The Balaban J connectivity index is 1.82. The number of nitrogens with zero attached hydrogens (tertiary/aromatic N) is 1. The van der Waals surface area contributed by atoms with Crippen LogP contribution in [0.1, 0.15) is 28.3 Å². The summed E-state index contributed by atoms with van der Waals surface area (Å²) >= 11 is 0. The number of aromatic nitrogens is 1. The van der Waals surface area contributed by atoms with E-state index in [4.69, 9.17) is 0 Å². The summed E-state index contributed by atoms with van der Waals surface area (Å²) < 4.78 is 0. The molecule has 2 aromatic rings. The van der Waals surface area contributed by atoms with Gasteiger partial charge in [-0.05, 0) is 24.1 Å². The SMILES string of the molecule is O=C(NC1(C(=O)O)CC1c1ccccc1)c1ccncc1. The van der Waals surface area contributed by atoms with E-state index in [2.05, 4.69) is 10.3 Å². The van der Waals surface area contributed by atoms with Gasteiger partial charge in [0.25, 0.3) is 5.91 Å². The summed E-state index contributed by atoms with van der Waals surface area (Å²) in [5.41, 5.74) is 0.126. The predicted octanol–water partition coefficient (Wildman–Crippen LogP) is 1.82. The average Bonchev–Trinajstić information content (AvgIpc) is 3.25. The molecule has 0 radical (unpaired) electrons. The van der Waals surface area contributed by atoms with E-state index in [-0.39, 0.29) is 5.92 Å². The molecule has 1 aromatic heterocycles. The van der Waals surface area contributed by atoms with Crippen molar-refractivity contribution in [3.05, 3.63) is 66.0 Å². The molecule has 21 heavy (non-hydrogen) atoms. The highest BCUT2D eigenvalue weighted by Crippen LogP contribution is 2.51. The molecule has 2 unspecified atom stereocenters. The van der Waals surface area contributed by atoms with Crippen LogP contribution >= 0.6 is 0 Å². The highest BCUT2D eigenvalue weighted by atomic mass is 16.4. The second-order valence-electron chi connectivity index (χ2n) is 5.13. The molecule has 1 fully saturated rings. The fourth-order valence-corrected chi connectivity index (χ4v) is 2.56. The maximum Gasteiger partial charge on any atom is 0.330 e. The number of amides is 1. The normalized spacial score (nSPS) is 23.3. The Kier molecular flexibility index (Phi) is 3.17. The Morgan fingerprint density at radius 2 is 1.81 bits per heavy atom. The number of rotatable bonds is 4. The molecule has 0 saturated heterocycles. The lowest BCUT2D eigenvalue weighted by Gasteiger charge is -2.15. The van der Waals surface area contributed by atoms with Crippen molar-refractivity contribution in [3.63, 3.8) is 0 Å². The highest BCUT2D eigenvalue weighted by Gasteiger charge is 2.62. The lowest BCUT2D eigenvalue weighted by molar-refractivity contribution is -0.140. The number of carbonyl (C=O) groups is 2. The van der Waals surface area contributed by atoms with Gasteiger partial charge in [-0.15, -0.1) is 0 Å². The molecule has 1 aliphatic rings. The van der Waals surface area contributed by atoms with Crippen molar-refractivity contribution >= 4 is 11.9 Å². The highest BCUT2D eigenvalue weighted by molar-refractivity contribution is 5.99. The zero-order valence-corrected chi connectivity index (χ0v) is 11.2. The molecule has 5 heteroatoms. The molecule has 0 aliphatic heterocycles. The van der Waals surface area contributed by atoms with Crippen LogP contribution in [0.2, 0.25) is 0 Å². The fourth-order valence-electron chi connectivity index (χ4n) is 2.56. The van der Waals surface area contributed by atoms with Crippen LogP contribution in [-0.2, 0) is 4.79 Å². The van der Waals surface area contributed by atoms with E-state index in [0.717, 1.165) is 5.56 Å². The van der Waals surface area contributed by atoms with Crippen LogP contribution < -0.4 is 5.32 Å². The standard InChI is InChI=1S/C16H14N2O3/c19-14(12-6-8-17-9-7-12)18-16(15(20)21)10-13(16)11-4-2-1-3-5-11/h1-9,13H,10H2,(H,18,19)(H,20,21). The molecule has 1 saturated carbocycles. The van der Waals surface area contributed by atoms with E-state index >= 15 is 0 Å². The first-order chi connectivity index (χ1) is 10.1. The van der Waals surface area contributed by atoms with Gasteiger partial charge < -0.3 is 10.4 Å². The monoisotopic (exact) mass is 282 g/mol. The van der Waals surface area contributed by atoms with Crippen molar-refractivity contribution in [2.75, 3.05) is 0 Å². The summed E-state index contributed by atoms with van der Waals surface area (Å²) in [7, 11) is 0. The van der Waals surface area contributed by atoms with E-state index in [1.807, 2.05) is 30.3 Å². The number of benzene rings is 1. The van der Waals surface area contributed by atoms with Gasteiger partial charge in [0.05, 0.1) is 0 Å². The first-order valence-electron chi connectivity index (χ1n) is 6.64. The third kappa shape index (κ3) is 2.38. The minimum Gasteiger partial charge on any atom is -0.479 e. The van der Waals surface area contributed by atoms with E-state index in [1.165, 1.54) is 12.4 Å². The van der Waals surface area contributed by atoms with Crippen molar-refractivity contribution in [2.24, 2.45) is 0 Å². The molecule has 1 aliphatic carbocycles. The quantitative estimate of drug-likeness (QED) is 0.896. The van der Waals surface area contributed by atoms with Gasteiger partial charge >= 0.3 is 5.97 Å². The molecule has 1 amide bonds. The maximum atomic E-state index is 12.2. The minimum atomic E-state index is -1.21. The number of carboxylic acid groups (broad SMARTS) is 1.